The van der Waals surface area contributed by atoms with Gasteiger partial charge < -0.3 is 9.47 Å². The van der Waals surface area contributed by atoms with Crippen LogP contribution in [0.2, 0.25) is 0 Å². The van der Waals surface area contributed by atoms with Crippen LogP contribution in [0.5, 0.6) is 0 Å². The Morgan fingerprint density at radius 1 is 0.587 bits per heavy atom. The van der Waals surface area contributed by atoms with Gasteiger partial charge in [-0.3, -0.25) is 0 Å². The molecule has 6 aromatic carbocycles. The molecule has 0 bridgehead atoms. The molecule has 2 heteroatoms. The maximum Gasteiger partial charge on any atom is 0.0711 e. The average molecular weight is 811 g/mol. The summed E-state index contributed by atoms with van der Waals surface area (Å²) < 4.78 is 2.44. The molecular formula is C61H50N2. The third-order valence-electron chi connectivity index (χ3n) is 14.3. The Labute approximate surface area is 371 Å². The third-order valence-corrected chi connectivity index (χ3v) is 14.3. The van der Waals surface area contributed by atoms with E-state index in [2.05, 4.69) is 222 Å². The van der Waals surface area contributed by atoms with E-state index in [0.717, 1.165) is 44.9 Å². The summed E-state index contributed by atoms with van der Waals surface area (Å²) in [5, 5.41) is 1.36. The molecule has 0 N–H and O–H groups in total. The Morgan fingerprint density at radius 2 is 1.37 bits per heavy atom. The van der Waals surface area contributed by atoms with Gasteiger partial charge in [-0.2, -0.15) is 0 Å². The van der Waals surface area contributed by atoms with Crippen molar-refractivity contribution in [3.63, 3.8) is 0 Å². The monoisotopic (exact) mass is 810 g/mol. The highest BCUT2D eigenvalue weighted by Crippen LogP contribution is 2.58. The zero-order chi connectivity index (χ0) is 41.7. The number of hydrogen-bond acceptors (Lipinski definition) is 1. The van der Waals surface area contributed by atoms with Crippen molar-refractivity contribution >= 4 is 33.9 Å². The van der Waals surface area contributed by atoms with E-state index >= 15 is 0 Å². The van der Waals surface area contributed by atoms with Gasteiger partial charge in [0.2, 0.25) is 0 Å². The van der Waals surface area contributed by atoms with E-state index in [4.69, 9.17) is 0 Å². The van der Waals surface area contributed by atoms with Crippen LogP contribution in [0.15, 0.2) is 223 Å². The average Bonchev–Trinajstić information content (AvgIpc) is 3.86. The van der Waals surface area contributed by atoms with Crippen LogP contribution in [-0.2, 0) is 11.8 Å². The normalized spacial score (nSPS) is 19.7. The Morgan fingerprint density at radius 3 is 2.16 bits per heavy atom. The van der Waals surface area contributed by atoms with E-state index < -0.39 is 5.41 Å². The van der Waals surface area contributed by atoms with Crippen molar-refractivity contribution in [1.82, 2.24) is 4.57 Å². The van der Waals surface area contributed by atoms with E-state index in [1.807, 2.05) is 0 Å². The second-order valence-corrected chi connectivity index (χ2v) is 17.7. The van der Waals surface area contributed by atoms with Crippen LogP contribution >= 0.6 is 0 Å². The standard InChI is InChI=1S/C61H50N2/c1-5-17-43(18-6-1)44-29-34-50(35-30-44)62(51-36-31-45(32-37-51)46-33-40-60-56(41-46)55-26-14-16-28-59(55)63(60)49-23-11-4-12-24-49)52-38-39-54-53-25-13-15-27-57(53)61(58(54)42-52,47-19-7-2-8-20-47)48-21-9-3-10-22-48/h1-2,4-5,7-9,11-17,19-31,33-36,38-40,42,46H,3,6,10,18,32,37,41H2. The van der Waals surface area contributed by atoms with Gasteiger partial charge in [-0.25, -0.2) is 0 Å². The number of aromatic nitrogens is 1. The number of allylic oxidation sites excluding steroid dienone is 13. The molecule has 304 valence electrons. The molecule has 0 saturated carbocycles. The summed E-state index contributed by atoms with van der Waals surface area (Å²) in [6.07, 6.45) is 31.1. The van der Waals surface area contributed by atoms with Crippen LogP contribution in [0.1, 0.15) is 72.0 Å². The lowest BCUT2D eigenvalue weighted by atomic mass is 9.66. The molecule has 7 aromatic rings. The smallest absolute Gasteiger partial charge is 0.0711 e. The Bertz CT molecular complexity index is 3130. The first kappa shape index (κ1) is 37.6. The zero-order valence-corrected chi connectivity index (χ0v) is 35.6. The van der Waals surface area contributed by atoms with Crippen LogP contribution < -0.4 is 4.90 Å². The summed E-state index contributed by atoms with van der Waals surface area (Å²) >= 11 is 0. The molecule has 2 unspecified atom stereocenters. The van der Waals surface area contributed by atoms with Crippen molar-refractivity contribution < 1.29 is 0 Å². The molecule has 63 heavy (non-hydrogen) atoms. The number of para-hydroxylation sites is 2. The van der Waals surface area contributed by atoms with Crippen molar-refractivity contribution in [2.45, 2.75) is 50.4 Å². The molecule has 5 aliphatic carbocycles. The molecule has 5 aliphatic rings. The number of rotatable bonds is 8. The summed E-state index contributed by atoms with van der Waals surface area (Å²) in [6, 6.07) is 56.8. The summed E-state index contributed by atoms with van der Waals surface area (Å²) in [4.78, 5) is 2.55. The molecular weight excluding hydrogens is 761 g/mol. The van der Waals surface area contributed by atoms with Crippen LogP contribution in [-0.4, -0.2) is 4.57 Å². The van der Waals surface area contributed by atoms with Crippen molar-refractivity contribution in [2.75, 3.05) is 4.90 Å². The Balaban J connectivity index is 0.970. The van der Waals surface area contributed by atoms with Gasteiger partial charge in [-0.15, -0.1) is 0 Å². The number of anilines is 2. The number of hydrogen-bond donors (Lipinski definition) is 0. The molecule has 2 nitrogen and oxygen atoms in total. The summed E-state index contributed by atoms with van der Waals surface area (Å²) in [6.45, 7) is 0. The third kappa shape index (κ3) is 6.22. The second-order valence-electron chi connectivity index (χ2n) is 17.7. The minimum absolute atomic E-state index is 0.359. The molecule has 0 amide bonds. The summed E-state index contributed by atoms with van der Waals surface area (Å²) in [5.41, 5.74) is 20.8. The minimum Gasteiger partial charge on any atom is -0.314 e. The van der Waals surface area contributed by atoms with E-state index in [1.54, 1.807) is 0 Å². The van der Waals surface area contributed by atoms with Gasteiger partial charge in [0.05, 0.1) is 10.9 Å². The molecule has 2 atom stereocenters. The van der Waals surface area contributed by atoms with Crippen molar-refractivity contribution in [2.24, 2.45) is 5.92 Å². The lowest BCUT2D eigenvalue weighted by Crippen LogP contribution is -2.30. The molecule has 1 aromatic heterocycles. The van der Waals surface area contributed by atoms with Gasteiger partial charge in [0.1, 0.15) is 0 Å². The van der Waals surface area contributed by atoms with Gasteiger partial charge in [-0.05, 0) is 150 Å². The van der Waals surface area contributed by atoms with Crippen LogP contribution in [0.3, 0.4) is 0 Å². The number of fused-ring (bicyclic) bond motifs is 6. The molecule has 0 fully saturated rings. The van der Waals surface area contributed by atoms with Gasteiger partial charge in [0, 0.05) is 39.8 Å². The molecule has 1 heterocycles. The molecule has 0 aliphatic heterocycles. The summed E-state index contributed by atoms with van der Waals surface area (Å²) in [7, 11) is 0. The fraction of sp³-hybridized carbons (Fsp3) is 0.148. The summed E-state index contributed by atoms with van der Waals surface area (Å²) in [5.74, 6) is 0.359. The minimum atomic E-state index is -0.416. The maximum absolute atomic E-state index is 2.55. The first-order valence-electron chi connectivity index (χ1n) is 22.9. The maximum atomic E-state index is 2.55. The fourth-order valence-corrected chi connectivity index (χ4v) is 11.4. The zero-order valence-electron chi connectivity index (χ0n) is 35.6. The molecule has 0 saturated heterocycles. The quantitative estimate of drug-likeness (QED) is 0.148. The first-order chi connectivity index (χ1) is 31.3. The molecule has 0 spiro atoms. The highest BCUT2D eigenvalue weighted by molar-refractivity contribution is 5.92. The highest BCUT2D eigenvalue weighted by atomic mass is 15.1. The van der Waals surface area contributed by atoms with Crippen molar-refractivity contribution in [3.8, 4) is 16.8 Å². The topological polar surface area (TPSA) is 8.17 Å². The molecule has 0 radical (unpaired) electrons. The first-order valence-corrected chi connectivity index (χ1v) is 22.9. The lowest BCUT2D eigenvalue weighted by Gasteiger charge is -2.37. The van der Waals surface area contributed by atoms with Crippen LogP contribution in [0, 0.1) is 5.92 Å². The lowest BCUT2D eigenvalue weighted by molar-refractivity contribution is 0.686. The Hall–Kier alpha value is -7.16. The second kappa shape index (κ2) is 15.6. The van der Waals surface area contributed by atoms with Crippen LogP contribution in [0.4, 0.5) is 11.4 Å². The fourth-order valence-electron chi connectivity index (χ4n) is 11.4. The van der Waals surface area contributed by atoms with E-state index in [-0.39, 0.29) is 0 Å². The van der Waals surface area contributed by atoms with E-state index in [1.165, 1.54) is 95.0 Å². The number of nitrogens with zero attached hydrogens (tertiary/aromatic N) is 2. The number of benzene rings is 6. The van der Waals surface area contributed by atoms with Crippen molar-refractivity contribution in [1.29, 1.82) is 0 Å². The Kier molecular flexibility index (Phi) is 9.33. The van der Waals surface area contributed by atoms with E-state index in [0.29, 0.717) is 5.92 Å². The highest BCUT2D eigenvalue weighted by Gasteiger charge is 2.47. The van der Waals surface area contributed by atoms with Crippen LogP contribution in [0.25, 0.3) is 39.4 Å². The predicted molar refractivity (Wildman–Crippen MR) is 264 cm³/mol. The van der Waals surface area contributed by atoms with Gasteiger partial charge >= 0.3 is 0 Å². The van der Waals surface area contributed by atoms with E-state index in [9.17, 15) is 0 Å². The SMILES string of the molecule is C1=CCCC(c2ccc(N(C3=CC=C(C4C=Cc5c(c6ccccc6n5-c5ccccc5)C4)CC3)c3ccc4c(c3)C(C3=CCCC=C3)(c3ccccc3)c3ccccc3-4)cc2)=C1. The van der Waals surface area contributed by atoms with Crippen molar-refractivity contribution in [3.05, 3.63) is 257 Å². The largest absolute Gasteiger partial charge is 0.314 e. The van der Waals surface area contributed by atoms with Gasteiger partial charge in [0.25, 0.3) is 0 Å². The van der Waals surface area contributed by atoms with Gasteiger partial charge in [-0.1, -0.05) is 163 Å². The predicted octanol–water partition coefficient (Wildman–Crippen LogP) is 15.6. The molecule has 12 rings (SSSR count). The van der Waals surface area contributed by atoms with Gasteiger partial charge in [0.15, 0.2) is 0 Å².